The average molecular weight is 272 g/mol. The first-order valence-corrected chi connectivity index (χ1v) is 6.50. The molecule has 0 unspecified atom stereocenters. The molecule has 0 heterocycles. The Bertz CT molecular complexity index is 554. The number of nitrogens with zero attached hydrogens (tertiary/aromatic N) is 1. The van der Waals surface area contributed by atoms with E-state index in [4.69, 9.17) is 5.73 Å². The highest BCUT2D eigenvalue weighted by Crippen LogP contribution is 2.16. The summed E-state index contributed by atoms with van der Waals surface area (Å²) in [5, 5.41) is 0. The van der Waals surface area contributed by atoms with E-state index in [1.165, 1.54) is 12.1 Å². The Morgan fingerprint density at radius 2 is 1.70 bits per heavy atom. The fourth-order valence-corrected chi connectivity index (χ4v) is 2.01. The van der Waals surface area contributed by atoms with Crippen molar-refractivity contribution in [3.8, 4) is 0 Å². The van der Waals surface area contributed by atoms with Crippen molar-refractivity contribution in [1.82, 2.24) is 0 Å². The highest BCUT2D eigenvalue weighted by atomic mass is 19.1. The first kappa shape index (κ1) is 14.2. The maximum atomic E-state index is 13.0. The molecule has 104 valence electrons. The number of amides is 1. The van der Waals surface area contributed by atoms with Crippen LogP contribution >= 0.6 is 0 Å². The Labute approximate surface area is 117 Å². The minimum absolute atomic E-state index is 0.0479. The first-order chi connectivity index (χ1) is 9.70. The van der Waals surface area contributed by atoms with Crippen molar-refractivity contribution in [2.45, 2.75) is 6.42 Å². The number of carbonyl (C=O) groups excluding carboxylic acids is 1. The van der Waals surface area contributed by atoms with Gasteiger partial charge in [-0.1, -0.05) is 30.3 Å². The normalized spacial score (nSPS) is 10.3. The number of hydrogen-bond donors (Lipinski definition) is 1. The van der Waals surface area contributed by atoms with Gasteiger partial charge in [-0.25, -0.2) is 4.39 Å². The van der Waals surface area contributed by atoms with E-state index in [1.807, 2.05) is 30.3 Å². The standard InChI is InChI=1S/C16H17FN2O/c17-14-6-8-15(9-7-14)19(11-10-18)16(20)12-13-4-2-1-3-5-13/h1-9H,10-12,18H2. The minimum Gasteiger partial charge on any atom is -0.329 e. The second kappa shape index (κ2) is 6.82. The fourth-order valence-electron chi connectivity index (χ4n) is 2.01. The lowest BCUT2D eigenvalue weighted by molar-refractivity contribution is -0.118. The molecule has 0 saturated heterocycles. The van der Waals surface area contributed by atoms with Gasteiger partial charge in [-0.3, -0.25) is 4.79 Å². The van der Waals surface area contributed by atoms with Gasteiger partial charge in [0.2, 0.25) is 5.91 Å². The van der Waals surface area contributed by atoms with Crippen LogP contribution in [0.4, 0.5) is 10.1 Å². The number of anilines is 1. The van der Waals surface area contributed by atoms with E-state index in [1.54, 1.807) is 17.0 Å². The molecular weight excluding hydrogens is 255 g/mol. The van der Waals surface area contributed by atoms with Gasteiger partial charge in [-0.05, 0) is 29.8 Å². The third-order valence-corrected chi connectivity index (χ3v) is 2.99. The van der Waals surface area contributed by atoms with Gasteiger partial charge in [0.25, 0.3) is 0 Å². The fraction of sp³-hybridized carbons (Fsp3) is 0.188. The van der Waals surface area contributed by atoms with Crippen LogP contribution in [0.25, 0.3) is 0 Å². The summed E-state index contributed by atoms with van der Waals surface area (Å²) in [6, 6.07) is 15.4. The molecule has 0 atom stereocenters. The molecule has 2 aromatic carbocycles. The van der Waals surface area contributed by atoms with E-state index in [2.05, 4.69) is 0 Å². The van der Waals surface area contributed by atoms with Crippen molar-refractivity contribution in [2.24, 2.45) is 5.73 Å². The molecule has 0 bridgehead atoms. The summed E-state index contributed by atoms with van der Waals surface area (Å²) in [5.74, 6) is -0.370. The van der Waals surface area contributed by atoms with Crippen LogP contribution in [-0.2, 0) is 11.2 Å². The number of nitrogens with two attached hydrogens (primary N) is 1. The van der Waals surface area contributed by atoms with Gasteiger partial charge in [0, 0.05) is 18.8 Å². The summed E-state index contributed by atoms with van der Waals surface area (Å²) < 4.78 is 13.0. The monoisotopic (exact) mass is 272 g/mol. The molecular formula is C16H17FN2O. The van der Waals surface area contributed by atoms with E-state index in [0.29, 0.717) is 25.2 Å². The van der Waals surface area contributed by atoms with Crippen LogP contribution < -0.4 is 10.6 Å². The van der Waals surface area contributed by atoms with Crippen LogP contribution in [0, 0.1) is 5.82 Å². The maximum absolute atomic E-state index is 13.0. The second-order valence-electron chi connectivity index (χ2n) is 4.47. The second-order valence-corrected chi connectivity index (χ2v) is 4.47. The molecule has 0 saturated carbocycles. The molecule has 4 heteroatoms. The first-order valence-electron chi connectivity index (χ1n) is 6.50. The Balaban J connectivity index is 2.15. The summed E-state index contributed by atoms with van der Waals surface area (Å²) in [5.41, 5.74) is 7.17. The Kier molecular flexibility index (Phi) is 4.85. The molecule has 0 radical (unpaired) electrons. The summed E-state index contributed by atoms with van der Waals surface area (Å²) >= 11 is 0. The van der Waals surface area contributed by atoms with Gasteiger partial charge in [0.05, 0.1) is 6.42 Å². The van der Waals surface area contributed by atoms with Gasteiger partial charge in [0.15, 0.2) is 0 Å². The van der Waals surface area contributed by atoms with Crippen LogP contribution in [-0.4, -0.2) is 19.0 Å². The lowest BCUT2D eigenvalue weighted by Gasteiger charge is -2.22. The third kappa shape index (κ3) is 3.65. The minimum atomic E-state index is -0.322. The van der Waals surface area contributed by atoms with Crippen molar-refractivity contribution < 1.29 is 9.18 Å². The Morgan fingerprint density at radius 3 is 2.30 bits per heavy atom. The van der Waals surface area contributed by atoms with Crippen molar-refractivity contribution >= 4 is 11.6 Å². The topological polar surface area (TPSA) is 46.3 Å². The maximum Gasteiger partial charge on any atom is 0.231 e. The highest BCUT2D eigenvalue weighted by molar-refractivity contribution is 5.94. The molecule has 0 aliphatic rings. The van der Waals surface area contributed by atoms with Crippen molar-refractivity contribution in [3.63, 3.8) is 0 Å². The van der Waals surface area contributed by atoms with E-state index in [-0.39, 0.29) is 11.7 Å². The quantitative estimate of drug-likeness (QED) is 0.908. The Morgan fingerprint density at radius 1 is 1.05 bits per heavy atom. The zero-order valence-corrected chi connectivity index (χ0v) is 11.1. The lowest BCUT2D eigenvalue weighted by atomic mass is 10.1. The van der Waals surface area contributed by atoms with Crippen LogP contribution in [0.2, 0.25) is 0 Å². The highest BCUT2D eigenvalue weighted by Gasteiger charge is 2.15. The number of hydrogen-bond acceptors (Lipinski definition) is 2. The lowest BCUT2D eigenvalue weighted by Crippen LogP contribution is -2.36. The van der Waals surface area contributed by atoms with Crippen LogP contribution in [0.3, 0.4) is 0 Å². The molecule has 20 heavy (non-hydrogen) atoms. The summed E-state index contributed by atoms with van der Waals surface area (Å²) in [6.07, 6.45) is 0.304. The van der Waals surface area contributed by atoms with Crippen LogP contribution in [0.1, 0.15) is 5.56 Å². The van der Waals surface area contributed by atoms with E-state index in [0.717, 1.165) is 5.56 Å². The van der Waals surface area contributed by atoms with Gasteiger partial charge < -0.3 is 10.6 Å². The largest absolute Gasteiger partial charge is 0.329 e. The molecule has 0 spiro atoms. The smallest absolute Gasteiger partial charge is 0.231 e. The van der Waals surface area contributed by atoms with Crippen LogP contribution in [0.15, 0.2) is 54.6 Å². The third-order valence-electron chi connectivity index (χ3n) is 2.99. The molecule has 2 aromatic rings. The predicted molar refractivity (Wildman–Crippen MR) is 78.0 cm³/mol. The van der Waals surface area contributed by atoms with E-state index >= 15 is 0 Å². The molecule has 2 rings (SSSR count). The number of benzene rings is 2. The van der Waals surface area contributed by atoms with E-state index in [9.17, 15) is 9.18 Å². The average Bonchev–Trinajstić information content (AvgIpc) is 2.47. The summed E-state index contributed by atoms with van der Waals surface area (Å²) in [6.45, 7) is 0.773. The predicted octanol–water partition coefficient (Wildman–Crippen LogP) is 2.36. The van der Waals surface area contributed by atoms with Gasteiger partial charge in [0.1, 0.15) is 5.82 Å². The van der Waals surface area contributed by atoms with E-state index < -0.39 is 0 Å². The molecule has 3 nitrogen and oxygen atoms in total. The SMILES string of the molecule is NCCN(C(=O)Cc1ccccc1)c1ccc(F)cc1. The van der Waals surface area contributed by atoms with Crippen molar-refractivity contribution in [3.05, 3.63) is 66.0 Å². The van der Waals surface area contributed by atoms with Crippen molar-refractivity contribution in [2.75, 3.05) is 18.0 Å². The zero-order valence-electron chi connectivity index (χ0n) is 11.1. The molecule has 0 aromatic heterocycles. The Hall–Kier alpha value is -2.20. The van der Waals surface area contributed by atoms with Crippen LogP contribution in [0.5, 0.6) is 0 Å². The van der Waals surface area contributed by atoms with Gasteiger partial charge >= 0.3 is 0 Å². The molecule has 0 fully saturated rings. The summed E-state index contributed by atoms with van der Waals surface area (Å²) in [4.78, 5) is 14.0. The number of halogens is 1. The summed E-state index contributed by atoms with van der Waals surface area (Å²) in [7, 11) is 0. The molecule has 0 aliphatic carbocycles. The zero-order chi connectivity index (χ0) is 14.4. The number of carbonyl (C=O) groups is 1. The van der Waals surface area contributed by atoms with Gasteiger partial charge in [-0.15, -0.1) is 0 Å². The molecule has 1 amide bonds. The molecule has 0 aliphatic heterocycles. The number of rotatable bonds is 5. The van der Waals surface area contributed by atoms with Crippen molar-refractivity contribution in [1.29, 1.82) is 0 Å². The molecule has 2 N–H and O–H groups in total. The van der Waals surface area contributed by atoms with Gasteiger partial charge in [-0.2, -0.15) is 0 Å².